The molecule has 1 saturated carbocycles. The Kier molecular flexibility index (Phi) is 4.47. The van der Waals surface area contributed by atoms with Gasteiger partial charge in [-0.15, -0.1) is 0 Å². The zero-order valence-corrected chi connectivity index (χ0v) is 16.8. The molecule has 154 valence electrons. The summed E-state index contributed by atoms with van der Waals surface area (Å²) in [6, 6.07) is 2.56. The van der Waals surface area contributed by atoms with Crippen LogP contribution >= 0.6 is 0 Å². The van der Waals surface area contributed by atoms with Crippen LogP contribution in [0.5, 0.6) is 0 Å². The highest BCUT2D eigenvalue weighted by Gasteiger charge is 2.50. The van der Waals surface area contributed by atoms with Gasteiger partial charge in [0.15, 0.2) is 11.5 Å². The fourth-order valence-corrected chi connectivity index (χ4v) is 4.15. The lowest BCUT2D eigenvalue weighted by Gasteiger charge is -2.29. The topological polar surface area (TPSA) is 76.0 Å². The molecule has 1 fully saturated rings. The van der Waals surface area contributed by atoms with E-state index in [2.05, 4.69) is 15.7 Å². The van der Waals surface area contributed by atoms with Gasteiger partial charge in [-0.3, -0.25) is 9.59 Å². The third-order valence-electron chi connectivity index (χ3n) is 5.77. The number of nitrogens with one attached hydrogen (secondary N) is 2. The minimum atomic E-state index is -0.751. The van der Waals surface area contributed by atoms with Crippen molar-refractivity contribution in [3.05, 3.63) is 46.8 Å². The third-order valence-corrected chi connectivity index (χ3v) is 5.77. The smallest absolute Gasteiger partial charge is 0.272 e. The molecule has 1 aromatic carbocycles. The number of amides is 2. The van der Waals surface area contributed by atoms with Crippen LogP contribution in [0, 0.1) is 23.0 Å². The maximum atomic E-state index is 14.4. The highest BCUT2D eigenvalue weighted by Crippen LogP contribution is 2.57. The lowest BCUT2D eigenvalue weighted by atomic mass is 9.86. The zero-order valence-electron chi connectivity index (χ0n) is 16.8. The van der Waals surface area contributed by atoms with Crippen LogP contribution in [0.25, 0.3) is 5.69 Å². The molecule has 1 aromatic heterocycles. The number of aromatic nitrogens is 2. The summed E-state index contributed by atoms with van der Waals surface area (Å²) in [5.74, 6) is -1.50. The quantitative estimate of drug-likeness (QED) is 0.826. The van der Waals surface area contributed by atoms with Gasteiger partial charge in [0, 0.05) is 24.6 Å². The van der Waals surface area contributed by atoms with Crippen molar-refractivity contribution in [3.8, 4) is 5.69 Å². The molecule has 0 unspecified atom stereocenters. The van der Waals surface area contributed by atoms with E-state index in [1.54, 1.807) is 0 Å². The van der Waals surface area contributed by atoms with Gasteiger partial charge < -0.3 is 10.6 Å². The number of rotatable bonds is 4. The average Bonchev–Trinajstić information content (AvgIpc) is 3.14. The van der Waals surface area contributed by atoms with Gasteiger partial charge in [-0.05, 0) is 36.3 Å². The van der Waals surface area contributed by atoms with Crippen LogP contribution < -0.4 is 10.6 Å². The number of nitrogens with zero attached hydrogens (tertiary/aromatic N) is 2. The Morgan fingerprint density at radius 1 is 1.28 bits per heavy atom. The summed E-state index contributed by atoms with van der Waals surface area (Å²) in [5, 5.41) is 9.77. The van der Waals surface area contributed by atoms with Gasteiger partial charge >= 0.3 is 0 Å². The van der Waals surface area contributed by atoms with Gasteiger partial charge in [0.25, 0.3) is 5.91 Å². The molecule has 0 saturated heterocycles. The van der Waals surface area contributed by atoms with Crippen LogP contribution in [0.2, 0.25) is 0 Å². The Morgan fingerprint density at radius 2 is 2.00 bits per heavy atom. The summed E-state index contributed by atoms with van der Waals surface area (Å²) >= 11 is 0. The Balaban J connectivity index is 1.73. The van der Waals surface area contributed by atoms with E-state index in [-0.39, 0.29) is 23.2 Å². The molecule has 1 heterocycles. The van der Waals surface area contributed by atoms with Crippen LogP contribution in [0.1, 0.15) is 54.9 Å². The number of carbonyl (C=O) groups excluding carboxylic acids is 2. The van der Waals surface area contributed by atoms with Crippen molar-refractivity contribution >= 4 is 11.8 Å². The standard InChI is InChI=1S/C21H24F2N4O2/c1-21(2,3)18(20(29)24-4)25-19(28)16-13-8-10-7-12(10)17(13)27(26-16)15-6-5-11(22)9-14(15)23/h5-6,9-10,12,18H,7-8H2,1-4H3,(H,24,29)(H,25,28)/t10-,12-,18-/m1/s1. The minimum Gasteiger partial charge on any atom is -0.357 e. The maximum Gasteiger partial charge on any atom is 0.272 e. The molecular weight excluding hydrogens is 378 g/mol. The molecule has 0 spiro atoms. The molecule has 2 amide bonds. The second-order valence-corrected chi connectivity index (χ2v) is 8.91. The largest absolute Gasteiger partial charge is 0.357 e. The second-order valence-electron chi connectivity index (χ2n) is 8.91. The second kappa shape index (κ2) is 6.64. The molecule has 4 rings (SSSR count). The van der Waals surface area contributed by atoms with Crippen molar-refractivity contribution in [1.29, 1.82) is 0 Å². The van der Waals surface area contributed by atoms with Gasteiger partial charge in [-0.25, -0.2) is 13.5 Å². The van der Waals surface area contributed by atoms with Crippen molar-refractivity contribution in [2.75, 3.05) is 7.05 Å². The Bertz CT molecular complexity index is 1010. The van der Waals surface area contributed by atoms with Crippen LogP contribution in [0.4, 0.5) is 8.78 Å². The predicted molar refractivity (Wildman–Crippen MR) is 103 cm³/mol. The SMILES string of the molecule is CNC(=O)[C@@H](NC(=O)c1nn(-c2ccc(F)cc2F)c2c1C[C@H]1C[C@@H]21)C(C)(C)C. The first-order valence-corrected chi connectivity index (χ1v) is 9.71. The zero-order chi connectivity index (χ0) is 21.1. The van der Waals surface area contributed by atoms with E-state index in [0.717, 1.165) is 23.7 Å². The van der Waals surface area contributed by atoms with Gasteiger partial charge in [-0.2, -0.15) is 5.10 Å². The number of hydrogen-bond donors (Lipinski definition) is 2. The number of hydrogen-bond acceptors (Lipinski definition) is 3. The van der Waals surface area contributed by atoms with E-state index in [0.29, 0.717) is 12.3 Å². The highest BCUT2D eigenvalue weighted by atomic mass is 19.1. The third kappa shape index (κ3) is 3.30. The average molecular weight is 402 g/mol. The molecule has 2 aromatic rings. The number of halogens is 2. The molecular formula is C21H24F2N4O2. The lowest BCUT2D eigenvalue weighted by Crippen LogP contribution is -2.53. The molecule has 2 N–H and O–H groups in total. The first kappa shape index (κ1) is 19.5. The van der Waals surface area contributed by atoms with Crippen molar-refractivity contribution < 1.29 is 18.4 Å². The van der Waals surface area contributed by atoms with Crippen molar-refractivity contribution in [2.45, 2.75) is 45.6 Å². The van der Waals surface area contributed by atoms with Crippen LogP contribution in [-0.2, 0) is 11.2 Å². The molecule has 0 radical (unpaired) electrons. The summed E-state index contributed by atoms with van der Waals surface area (Å²) < 4.78 is 29.2. The lowest BCUT2D eigenvalue weighted by molar-refractivity contribution is -0.124. The number of likely N-dealkylation sites (N-methyl/N-ethyl adjacent to an activating group) is 1. The maximum absolute atomic E-state index is 14.4. The molecule has 3 atom stereocenters. The Labute approximate surface area is 167 Å². The summed E-state index contributed by atoms with van der Waals surface area (Å²) in [7, 11) is 1.52. The van der Waals surface area contributed by atoms with Crippen molar-refractivity contribution in [3.63, 3.8) is 0 Å². The van der Waals surface area contributed by atoms with E-state index >= 15 is 0 Å². The fraction of sp³-hybridized carbons (Fsp3) is 0.476. The summed E-state index contributed by atoms with van der Waals surface area (Å²) in [4.78, 5) is 25.4. The van der Waals surface area contributed by atoms with E-state index in [1.807, 2.05) is 20.8 Å². The minimum absolute atomic E-state index is 0.118. The van der Waals surface area contributed by atoms with Gasteiger partial charge in [0.05, 0.1) is 5.69 Å². The van der Waals surface area contributed by atoms with E-state index in [1.165, 1.54) is 23.9 Å². The Morgan fingerprint density at radius 3 is 2.62 bits per heavy atom. The molecule has 29 heavy (non-hydrogen) atoms. The highest BCUT2D eigenvalue weighted by molar-refractivity contribution is 5.98. The first-order valence-electron chi connectivity index (χ1n) is 9.71. The molecule has 0 aliphatic heterocycles. The van der Waals surface area contributed by atoms with Crippen LogP contribution in [0.3, 0.4) is 0 Å². The van der Waals surface area contributed by atoms with E-state index < -0.39 is 29.0 Å². The van der Waals surface area contributed by atoms with E-state index in [9.17, 15) is 18.4 Å². The molecule has 8 heteroatoms. The molecule has 2 aliphatic rings. The van der Waals surface area contributed by atoms with Crippen LogP contribution in [0.15, 0.2) is 18.2 Å². The first-order chi connectivity index (χ1) is 13.6. The van der Waals surface area contributed by atoms with Gasteiger partial charge in [0.1, 0.15) is 17.5 Å². The summed E-state index contributed by atoms with van der Waals surface area (Å²) in [5.41, 5.74) is 1.42. The molecule has 2 aliphatic carbocycles. The normalized spacial score (nSPS) is 20.6. The Hall–Kier alpha value is -2.77. The van der Waals surface area contributed by atoms with Crippen molar-refractivity contribution in [1.82, 2.24) is 20.4 Å². The van der Waals surface area contributed by atoms with Gasteiger partial charge in [0.2, 0.25) is 5.91 Å². The molecule has 6 nitrogen and oxygen atoms in total. The van der Waals surface area contributed by atoms with Crippen molar-refractivity contribution in [2.24, 2.45) is 11.3 Å². The summed E-state index contributed by atoms with van der Waals surface area (Å²) in [6.45, 7) is 5.58. The number of benzene rings is 1. The molecule has 0 bridgehead atoms. The fourth-order valence-electron chi connectivity index (χ4n) is 4.15. The summed E-state index contributed by atoms with van der Waals surface area (Å²) in [6.07, 6.45) is 1.68. The van der Waals surface area contributed by atoms with Crippen LogP contribution in [-0.4, -0.2) is 34.7 Å². The van der Waals surface area contributed by atoms with E-state index in [4.69, 9.17) is 0 Å². The predicted octanol–water partition coefficient (Wildman–Crippen LogP) is 2.70. The number of fused-ring (bicyclic) bond motifs is 3. The number of carbonyl (C=O) groups is 2. The monoisotopic (exact) mass is 402 g/mol. The van der Waals surface area contributed by atoms with Gasteiger partial charge in [-0.1, -0.05) is 20.8 Å².